The topological polar surface area (TPSA) is 75.3 Å². The molecule has 128 valence electrons. The summed E-state index contributed by atoms with van der Waals surface area (Å²) in [6, 6.07) is 10.2. The number of halogens is 2. The lowest BCUT2D eigenvalue weighted by atomic mass is 10.1. The van der Waals surface area contributed by atoms with Gasteiger partial charge in [0.1, 0.15) is 0 Å². The van der Waals surface area contributed by atoms with E-state index in [1.807, 2.05) is 0 Å². The van der Waals surface area contributed by atoms with Crippen molar-refractivity contribution < 1.29 is 13.2 Å². The zero-order valence-corrected chi connectivity index (χ0v) is 15.3. The highest BCUT2D eigenvalue weighted by molar-refractivity contribution is 7.89. The van der Waals surface area contributed by atoms with Crippen molar-refractivity contribution in [2.75, 3.05) is 5.32 Å². The number of nitrogens with one attached hydrogen (secondary N) is 2. The van der Waals surface area contributed by atoms with E-state index in [0.29, 0.717) is 21.3 Å². The first kappa shape index (κ1) is 18.7. The molecule has 0 spiro atoms. The van der Waals surface area contributed by atoms with E-state index in [2.05, 4.69) is 10.0 Å². The fourth-order valence-electron chi connectivity index (χ4n) is 2.14. The van der Waals surface area contributed by atoms with Crippen molar-refractivity contribution in [1.82, 2.24) is 4.72 Å². The average Bonchev–Trinajstić information content (AvgIpc) is 2.46. The van der Waals surface area contributed by atoms with Crippen LogP contribution in [0.1, 0.15) is 25.5 Å². The lowest BCUT2D eigenvalue weighted by molar-refractivity contribution is -0.114. The molecule has 2 N–H and O–H groups in total. The van der Waals surface area contributed by atoms with Crippen LogP contribution in [0.5, 0.6) is 0 Å². The second-order valence-corrected chi connectivity index (χ2v) is 7.77. The second-order valence-electron chi connectivity index (χ2n) is 5.21. The Morgan fingerprint density at radius 3 is 2.25 bits per heavy atom. The third-order valence-corrected chi connectivity index (χ3v) is 5.36. The van der Waals surface area contributed by atoms with Gasteiger partial charge >= 0.3 is 0 Å². The maximum Gasteiger partial charge on any atom is 0.241 e. The molecule has 0 aliphatic carbocycles. The van der Waals surface area contributed by atoms with Crippen LogP contribution in [0.4, 0.5) is 5.69 Å². The van der Waals surface area contributed by atoms with Gasteiger partial charge in [0.2, 0.25) is 15.9 Å². The number of amides is 1. The van der Waals surface area contributed by atoms with Crippen LogP contribution in [0.2, 0.25) is 10.0 Å². The highest BCUT2D eigenvalue weighted by atomic mass is 35.5. The molecule has 1 atom stereocenters. The predicted molar refractivity (Wildman–Crippen MR) is 95.9 cm³/mol. The van der Waals surface area contributed by atoms with Crippen LogP contribution in [0.15, 0.2) is 47.4 Å². The first-order valence-electron chi connectivity index (χ1n) is 7.04. The molecule has 0 aliphatic rings. The predicted octanol–water partition coefficient (Wildman–Crippen LogP) is 3.99. The molecule has 5 nitrogen and oxygen atoms in total. The molecule has 1 amide bonds. The molecule has 0 heterocycles. The zero-order chi connectivity index (χ0) is 17.9. The van der Waals surface area contributed by atoms with Gasteiger partial charge in [0.05, 0.1) is 4.90 Å². The van der Waals surface area contributed by atoms with Crippen molar-refractivity contribution in [3.8, 4) is 0 Å². The minimum absolute atomic E-state index is 0.0912. The number of hydrogen-bond donors (Lipinski definition) is 2. The Morgan fingerprint density at radius 2 is 1.71 bits per heavy atom. The number of rotatable bonds is 5. The molecule has 2 aromatic rings. The van der Waals surface area contributed by atoms with Gasteiger partial charge in [-0.2, -0.15) is 0 Å². The van der Waals surface area contributed by atoms with Gasteiger partial charge in [0.15, 0.2) is 0 Å². The van der Waals surface area contributed by atoms with E-state index in [1.165, 1.54) is 31.2 Å². The summed E-state index contributed by atoms with van der Waals surface area (Å²) in [5, 5.41) is 3.45. The van der Waals surface area contributed by atoms with Crippen LogP contribution in [0, 0.1) is 0 Å². The van der Waals surface area contributed by atoms with E-state index in [9.17, 15) is 13.2 Å². The summed E-state index contributed by atoms with van der Waals surface area (Å²) in [6.07, 6.45) is 0. The molecule has 0 aliphatic heterocycles. The fourth-order valence-corrected chi connectivity index (χ4v) is 3.93. The van der Waals surface area contributed by atoms with E-state index < -0.39 is 16.1 Å². The van der Waals surface area contributed by atoms with Crippen molar-refractivity contribution in [2.45, 2.75) is 24.8 Å². The Balaban J connectivity index is 2.19. The second kappa shape index (κ2) is 7.53. The molecule has 24 heavy (non-hydrogen) atoms. The maximum absolute atomic E-state index is 12.5. The molecule has 0 saturated carbocycles. The Kier molecular flexibility index (Phi) is 5.87. The molecule has 8 heteroatoms. The Hall–Kier alpha value is -1.60. The summed E-state index contributed by atoms with van der Waals surface area (Å²) in [6.45, 7) is 3.07. The van der Waals surface area contributed by atoms with E-state index in [-0.39, 0.29) is 10.8 Å². The van der Waals surface area contributed by atoms with Crippen molar-refractivity contribution >= 4 is 44.8 Å². The summed E-state index contributed by atoms with van der Waals surface area (Å²) in [5.41, 5.74) is 1.15. The van der Waals surface area contributed by atoms with Crippen molar-refractivity contribution in [1.29, 1.82) is 0 Å². The van der Waals surface area contributed by atoms with Crippen LogP contribution < -0.4 is 10.0 Å². The number of hydrogen-bond acceptors (Lipinski definition) is 3. The van der Waals surface area contributed by atoms with E-state index >= 15 is 0 Å². The van der Waals surface area contributed by atoms with Gasteiger partial charge in [0, 0.05) is 28.7 Å². The monoisotopic (exact) mass is 386 g/mol. The maximum atomic E-state index is 12.5. The summed E-state index contributed by atoms with van der Waals surface area (Å²) in [4.78, 5) is 11.1. The highest BCUT2D eigenvalue weighted by Crippen LogP contribution is 2.27. The van der Waals surface area contributed by atoms with Crippen LogP contribution >= 0.6 is 23.2 Å². The Labute approximate surface area is 151 Å². The number of sulfonamides is 1. The first-order valence-corrected chi connectivity index (χ1v) is 9.28. The quantitative estimate of drug-likeness (QED) is 0.815. The molecular weight excluding hydrogens is 371 g/mol. The van der Waals surface area contributed by atoms with Gasteiger partial charge in [-0.3, -0.25) is 4.79 Å². The van der Waals surface area contributed by atoms with Gasteiger partial charge in [-0.25, -0.2) is 13.1 Å². The lowest BCUT2D eigenvalue weighted by Crippen LogP contribution is -2.27. The van der Waals surface area contributed by atoms with Gasteiger partial charge in [-0.05, 0) is 48.9 Å². The summed E-state index contributed by atoms with van der Waals surface area (Å²) in [7, 11) is -3.73. The van der Waals surface area contributed by atoms with Crippen LogP contribution in [-0.4, -0.2) is 14.3 Å². The fraction of sp³-hybridized carbons (Fsp3) is 0.188. The van der Waals surface area contributed by atoms with Crippen molar-refractivity contribution in [3.63, 3.8) is 0 Å². The zero-order valence-electron chi connectivity index (χ0n) is 13.0. The first-order chi connectivity index (χ1) is 11.2. The number of anilines is 1. The molecule has 0 unspecified atom stereocenters. The van der Waals surface area contributed by atoms with E-state index in [4.69, 9.17) is 23.2 Å². The van der Waals surface area contributed by atoms with Gasteiger partial charge < -0.3 is 5.32 Å². The lowest BCUT2D eigenvalue weighted by Gasteiger charge is -2.16. The molecule has 2 aromatic carbocycles. The van der Waals surface area contributed by atoms with Crippen LogP contribution in [0.3, 0.4) is 0 Å². The third-order valence-electron chi connectivity index (χ3n) is 3.25. The minimum atomic E-state index is -3.73. The Bertz CT molecular complexity index is 852. The summed E-state index contributed by atoms with van der Waals surface area (Å²) in [5.74, 6) is -0.227. The minimum Gasteiger partial charge on any atom is -0.326 e. The van der Waals surface area contributed by atoms with Gasteiger partial charge in [0.25, 0.3) is 0 Å². The standard InChI is InChI=1S/C16H16Cl2N2O3S/c1-10(15-8-3-12(17)9-16(15)18)20-24(22,23)14-6-4-13(5-7-14)19-11(2)21/h3-10,20H,1-2H3,(H,19,21)/t10-/m1/s1. The SMILES string of the molecule is CC(=O)Nc1ccc(S(=O)(=O)N[C@H](C)c2ccc(Cl)cc2Cl)cc1. The molecule has 0 radical (unpaired) electrons. The Morgan fingerprint density at radius 1 is 1.08 bits per heavy atom. The molecular formula is C16H16Cl2N2O3S. The number of benzene rings is 2. The highest BCUT2D eigenvalue weighted by Gasteiger charge is 2.20. The molecule has 0 bridgehead atoms. The molecule has 0 saturated heterocycles. The molecule has 2 rings (SSSR count). The number of carbonyl (C=O) groups is 1. The van der Waals surface area contributed by atoms with Gasteiger partial charge in [-0.15, -0.1) is 0 Å². The normalized spacial score (nSPS) is 12.7. The van der Waals surface area contributed by atoms with E-state index in [1.54, 1.807) is 25.1 Å². The van der Waals surface area contributed by atoms with E-state index in [0.717, 1.165) is 0 Å². The van der Waals surface area contributed by atoms with Crippen LogP contribution in [-0.2, 0) is 14.8 Å². The van der Waals surface area contributed by atoms with Crippen molar-refractivity contribution in [2.24, 2.45) is 0 Å². The summed E-state index contributed by atoms with van der Waals surface area (Å²) < 4.78 is 27.5. The number of carbonyl (C=O) groups excluding carboxylic acids is 1. The smallest absolute Gasteiger partial charge is 0.241 e. The van der Waals surface area contributed by atoms with Crippen molar-refractivity contribution in [3.05, 3.63) is 58.1 Å². The average molecular weight is 387 g/mol. The largest absolute Gasteiger partial charge is 0.326 e. The molecule has 0 aromatic heterocycles. The summed E-state index contributed by atoms with van der Waals surface area (Å²) >= 11 is 12.0. The third kappa shape index (κ3) is 4.70. The molecule has 0 fully saturated rings. The van der Waals surface area contributed by atoms with Crippen LogP contribution in [0.25, 0.3) is 0 Å². The van der Waals surface area contributed by atoms with Gasteiger partial charge in [-0.1, -0.05) is 29.3 Å².